The van der Waals surface area contributed by atoms with Crippen LogP contribution >= 0.6 is 0 Å². The molecule has 0 aromatic heterocycles. The monoisotopic (exact) mass is 236 g/mol. The largest absolute Gasteiger partial charge is 0.490 e. The van der Waals surface area contributed by atoms with Crippen LogP contribution in [0.5, 0.6) is 5.75 Å². The van der Waals surface area contributed by atoms with Crippen LogP contribution in [0, 0.1) is 10.1 Å². The number of ether oxygens (including phenoxy) is 1. The Morgan fingerprint density at radius 3 is 2.76 bits per heavy atom. The number of nitrogens with one attached hydrogen (secondary N) is 1. The van der Waals surface area contributed by atoms with Gasteiger partial charge < -0.3 is 10.1 Å². The van der Waals surface area contributed by atoms with Crippen LogP contribution in [-0.4, -0.2) is 18.6 Å². The Morgan fingerprint density at radius 1 is 1.53 bits per heavy atom. The topological polar surface area (TPSA) is 64.4 Å². The van der Waals surface area contributed by atoms with Gasteiger partial charge in [-0.1, -0.05) is 17.7 Å². The van der Waals surface area contributed by atoms with Gasteiger partial charge in [-0.05, 0) is 26.0 Å². The SMILES string of the molecule is COc1cccc(NCC=C(C)C)c1[N+](=O)[O-]. The molecule has 0 spiro atoms. The number of rotatable bonds is 5. The minimum Gasteiger partial charge on any atom is -0.490 e. The molecular formula is C12H16N2O3. The Balaban J connectivity index is 2.98. The minimum atomic E-state index is -0.441. The molecule has 17 heavy (non-hydrogen) atoms. The first kappa shape index (κ1) is 13.0. The van der Waals surface area contributed by atoms with E-state index in [1.165, 1.54) is 7.11 Å². The van der Waals surface area contributed by atoms with Gasteiger partial charge in [-0.2, -0.15) is 0 Å². The third kappa shape index (κ3) is 3.48. The highest BCUT2D eigenvalue weighted by atomic mass is 16.6. The van der Waals surface area contributed by atoms with Crippen molar-refractivity contribution in [3.05, 3.63) is 40.0 Å². The predicted octanol–water partition coefficient (Wildman–Crippen LogP) is 2.98. The van der Waals surface area contributed by atoms with Crippen molar-refractivity contribution in [1.82, 2.24) is 0 Å². The maximum atomic E-state index is 11.0. The molecule has 1 aromatic carbocycles. The van der Waals surface area contributed by atoms with Crippen molar-refractivity contribution in [2.75, 3.05) is 19.0 Å². The first-order chi connectivity index (χ1) is 8.06. The lowest BCUT2D eigenvalue weighted by molar-refractivity contribution is -0.384. The molecule has 0 amide bonds. The van der Waals surface area contributed by atoms with Gasteiger partial charge in [-0.25, -0.2) is 0 Å². The van der Waals surface area contributed by atoms with E-state index >= 15 is 0 Å². The molecule has 0 aliphatic carbocycles. The Labute approximate surface area is 100 Å². The van der Waals surface area contributed by atoms with E-state index < -0.39 is 4.92 Å². The van der Waals surface area contributed by atoms with Gasteiger partial charge in [-0.3, -0.25) is 10.1 Å². The van der Waals surface area contributed by atoms with Gasteiger partial charge >= 0.3 is 5.69 Å². The summed E-state index contributed by atoms with van der Waals surface area (Å²) in [5.74, 6) is 0.261. The third-order valence-corrected chi connectivity index (χ3v) is 2.20. The van der Waals surface area contributed by atoms with Gasteiger partial charge in [0.15, 0.2) is 5.75 Å². The summed E-state index contributed by atoms with van der Waals surface area (Å²) in [6, 6.07) is 4.96. The summed E-state index contributed by atoms with van der Waals surface area (Å²) in [4.78, 5) is 10.5. The maximum absolute atomic E-state index is 11.0. The van der Waals surface area contributed by atoms with Crippen molar-refractivity contribution in [2.45, 2.75) is 13.8 Å². The van der Waals surface area contributed by atoms with Gasteiger partial charge in [0.05, 0.1) is 12.0 Å². The van der Waals surface area contributed by atoms with Crippen LogP contribution in [0.1, 0.15) is 13.8 Å². The molecule has 0 saturated carbocycles. The summed E-state index contributed by atoms with van der Waals surface area (Å²) in [5, 5.41) is 14.0. The molecule has 0 saturated heterocycles. The predicted molar refractivity (Wildman–Crippen MR) is 67.6 cm³/mol. The number of para-hydroxylation sites is 1. The summed E-state index contributed by atoms with van der Waals surface area (Å²) in [7, 11) is 1.42. The molecule has 0 fully saturated rings. The van der Waals surface area contributed by atoms with Gasteiger partial charge in [-0.15, -0.1) is 0 Å². The van der Waals surface area contributed by atoms with E-state index in [4.69, 9.17) is 4.74 Å². The number of nitro groups is 1. The summed E-state index contributed by atoms with van der Waals surface area (Å²) in [6.45, 7) is 4.50. The van der Waals surface area contributed by atoms with Crippen LogP contribution in [0.25, 0.3) is 0 Å². The molecule has 5 heteroatoms. The van der Waals surface area contributed by atoms with Crippen LogP contribution < -0.4 is 10.1 Å². The average Bonchev–Trinajstić information content (AvgIpc) is 2.27. The van der Waals surface area contributed by atoms with Gasteiger partial charge in [0, 0.05) is 6.54 Å². The molecule has 0 aliphatic heterocycles. The average molecular weight is 236 g/mol. The maximum Gasteiger partial charge on any atom is 0.333 e. The highest BCUT2D eigenvalue weighted by Crippen LogP contribution is 2.34. The highest BCUT2D eigenvalue weighted by Gasteiger charge is 2.19. The summed E-state index contributed by atoms with van der Waals surface area (Å²) in [5.41, 5.74) is 1.59. The van der Waals surface area contributed by atoms with Gasteiger partial charge in [0.1, 0.15) is 5.69 Å². The first-order valence-corrected chi connectivity index (χ1v) is 5.25. The lowest BCUT2D eigenvalue weighted by Gasteiger charge is -2.07. The molecule has 1 aromatic rings. The molecule has 1 rings (SSSR count). The lowest BCUT2D eigenvalue weighted by Crippen LogP contribution is -2.03. The first-order valence-electron chi connectivity index (χ1n) is 5.25. The fourth-order valence-corrected chi connectivity index (χ4v) is 1.38. The molecule has 92 valence electrons. The standard InChI is InChI=1S/C12H16N2O3/c1-9(2)7-8-13-10-5-4-6-11(17-3)12(10)14(15)16/h4-7,13H,8H2,1-3H3. The summed E-state index contributed by atoms with van der Waals surface area (Å²) < 4.78 is 4.98. The second kappa shape index (κ2) is 5.89. The van der Waals surface area contributed by atoms with E-state index in [0.717, 1.165) is 5.57 Å². The molecule has 5 nitrogen and oxygen atoms in total. The normalized spacial score (nSPS) is 9.59. The Bertz CT molecular complexity index is 437. The molecule has 0 heterocycles. The number of methoxy groups -OCH3 is 1. The van der Waals surface area contributed by atoms with Crippen molar-refractivity contribution in [1.29, 1.82) is 0 Å². The third-order valence-electron chi connectivity index (χ3n) is 2.20. The van der Waals surface area contributed by atoms with E-state index in [9.17, 15) is 10.1 Å². The number of nitro benzene ring substituents is 1. The number of anilines is 1. The van der Waals surface area contributed by atoms with Crippen molar-refractivity contribution < 1.29 is 9.66 Å². The fraction of sp³-hybridized carbons (Fsp3) is 0.333. The summed E-state index contributed by atoms with van der Waals surface area (Å²) >= 11 is 0. The zero-order valence-electron chi connectivity index (χ0n) is 10.2. The number of benzene rings is 1. The number of nitrogens with zero attached hydrogens (tertiary/aromatic N) is 1. The van der Waals surface area contributed by atoms with Crippen LogP contribution in [0.3, 0.4) is 0 Å². The number of allylic oxidation sites excluding steroid dienone is 1. The molecule has 0 bridgehead atoms. The summed E-state index contributed by atoms with van der Waals surface area (Å²) in [6.07, 6.45) is 1.96. The fourth-order valence-electron chi connectivity index (χ4n) is 1.38. The van der Waals surface area contributed by atoms with E-state index in [1.807, 2.05) is 19.9 Å². The van der Waals surface area contributed by atoms with Crippen LogP contribution in [0.15, 0.2) is 29.8 Å². The van der Waals surface area contributed by atoms with E-state index in [-0.39, 0.29) is 11.4 Å². The smallest absolute Gasteiger partial charge is 0.333 e. The van der Waals surface area contributed by atoms with E-state index in [1.54, 1.807) is 18.2 Å². The quantitative estimate of drug-likeness (QED) is 0.485. The second-order valence-corrected chi connectivity index (χ2v) is 3.78. The minimum absolute atomic E-state index is 0.0304. The van der Waals surface area contributed by atoms with E-state index in [0.29, 0.717) is 12.2 Å². The van der Waals surface area contributed by atoms with E-state index in [2.05, 4.69) is 5.32 Å². The Kier molecular flexibility index (Phi) is 4.51. The van der Waals surface area contributed by atoms with Crippen LogP contribution in [-0.2, 0) is 0 Å². The molecule has 0 radical (unpaired) electrons. The molecular weight excluding hydrogens is 220 g/mol. The van der Waals surface area contributed by atoms with Crippen molar-refractivity contribution in [3.8, 4) is 5.75 Å². The van der Waals surface area contributed by atoms with Crippen LogP contribution in [0.4, 0.5) is 11.4 Å². The van der Waals surface area contributed by atoms with Crippen LogP contribution in [0.2, 0.25) is 0 Å². The zero-order chi connectivity index (χ0) is 12.8. The Morgan fingerprint density at radius 2 is 2.24 bits per heavy atom. The van der Waals surface area contributed by atoms with Crippen molar-refractivity contribution >= 4 is 11.4 Å². The van der Waals surface area contributed by atoms with Gasteiger partial charge in [0.2, 0.25) is 0 Å². The molecule has 0 atom stereocenters. The van der Waals surface area contributed by atoms with Crippen molar-refractivity contribution in [2.24, 2.45) is 0 Å². The molecule has 1 N–H and O–H groups in total. The number of hydrogen-bond acceptors (Lipinski definition) is 4. The van der Waals surface area contributed by atoms with Crippen molar-refractivity contribution in [3.63, 3.8) is 0 Å². The number of hydrogen-bond donors (Lipinski definition) is 1. The molecule has 0 unspecified atom stereocenters. The lowest BCUT2D eigenvalue weighted by atomic mass is 10.2. The zero-order valence-corrected chi connectivity index (χ0v) is 10.2. The Hall–Kier alpha value is -2.04. The highest BCUT2D eigenvalue weighted by molar-refractivity contribution is 5.68. The second-order valence-electron chi connectivity index (χ2n) is 3.78. The van der Waals surface area contributed by atoms with Gasteiger partial charge in [0.25, 0.3) is 0 Å². The molecule has 0 aliphatic rings.